The van der Waals surface area contributed by atoms with Crippen LogP contribution >= 0.6 is 0 Å². The maximum absolute atomic E-state index is 9.68. The van der Waals surface area contributed by atoms with Gasteiger partial charge in [0.2, 0.25) is 0 Å². The van der Waals surface area contributed by atoms with Gasteiger partial charge < -0.3 is 14.6 Å². The molecule has 3 heteroatoms. The molecule has 0 aliphatic heterocycles. The van der Waals surface area contributed by atoms with Gasteiger partial charge in [-0.1, -0.05) is 12.1 Å². The second-order valence-electron chi connectivity index (χ2n) is 4.43. The zero-order valence-electron chi connectivity index (χ0n) is 11.1. The number of ether oxygens (including phenoxy) is 2. The Balaban J connectivity index is 2.77. The zero-order chi connectivity index (χ0) is 12.8. The van der Waals surface area contributed by atoms with Crippen LogP contribution in [-0.2, 0) is 4.74 Å². The molecule has 0 saturated heterocycles. The van der Waals surface area contributed by atoms with Gasteiger partial charge in [-0.05, 0) is 32.4 Å². The number of hydrogen-bond acceptors (Lipinski definition) is 3. The summed E-state index contributed by atoms with van der Waals surface area (Å²) in [6.45, 7) is 6.44. The van der Waals surface area contributed by atoms with Crippen LogP contribution in [0.1, 0.15) is 37.5 Å². The van der Waals surface area contributed by atoms with E-state index >= 15 is 0 Å². The molecule has 17 heavy (non-hydrogen) atoms. The normalized spacial score (nSPS) is 14.4. The van der Waals surface area contributed by atoms with Gasteiger partial charge in [-0.15, -0.1) is 0 Å². The first-order valence-corrected chi connectivity index (χ1v) is 5.98. The van der Waals surface area contributed by atoms with E-state index in [2.05, 4.69) is 0 Å². The minimum Gasteiger partial charge on any atom is -0.490 e. The molecular weight excluding hydrogens is 216 g/mol. The minimum atomic E-state index is -0.514. The maximum Gasteiger partial charge on any atom is 0.125 e. The van der Waals surface area contributed by atoms with Gasteiger partial charge in [-0.2, -0.15) is 0 Å². The lowest BCUT2D eigenvalue weighted by Crippen LogP contribution is -2.15. The van der Waals surface area contributed by atoms with Gasteiger partial charge in [-0.3, -0.25) is 0 Å². The number of aliphatic hydroxyl groups excluding tert-OH is 1. The fraction of sp³-hybridized carbons (Fsp3) is 0.571. The zero-order valence-corrected chi connectivity index (χ0v) is 11.1. The fourth-order valence-corrected chi connectivity index (χ4v) is 1.65. The van der Waals surface area contributed by atoms with Crippen molar-refractivity contribution in [2.75, 3.05) is 13.7 Å². The van der Waals surface area contributed by atoms with E-state index in [-0.39, 0.29) is 6.10 Å². The van der Waals surface area contributed by atoms with Crippen molar-refractivity contribution in [3.8, 4) is 5.75 Å². The average molecular weight is 238 g/mol. The van der Waals surface area contributed by atoms with Gasteiger partial charge in [0, 0.05) is 25.7 Å². The Labute approximate surface area is 103 Å². The van der Waals surface area contributed by atoms with Crippen molar-refractivity contribution in [1.82, 2.24) is 0 Å². The third-order valence-electron chi connectivity index (χ3n) is 2.68. The Morgan fingerprint density at radius 1 is 1.29 bits per heavy atom. The topological polar surface area (TPSA) is 38.7 Å². The Morgan fingerprint density at radius 2 is 2.00 bits per heavy atom. The first-order chi connectivity index (χ1) is 8.04. The number of hydrogen-bond donors (Lipinski definition) is 1. The lowest BCUT2D eigenvalue weighted by atomic mass is 10.1. The van der Waals surface area contributed by atoms with E-state index in [1.165, 1.54) is 0 Å². The molecular formula is C14H22O3. The smallest absolute Gasteiger partial charge is 0.125 e. The SMILES string of the molecule is COCCC(C)Oc1cc(C)ccc1[C@@H](C)O. The summed E-state index contributed by atoms with van der Waals surface area (Å²) in [7, 11) is 1.68. The van der Waals surface area contributed by atoms with Crippen molar-refractivity contribution in [3.63, 3.8) is 0 Å². The first-order valence-electron chi connectivity index (χ1n) is 5.98. The van der Waals surface area contributed by atoms with Crippen molar-refractivity contribution in [1.29, 1.82) is 0 Å². The molecule has 0 heterocycles. The Bertz CT molecular complexity index is 347. The highest BCUT2D eigenvalue weighted by molar-refractivity contribution is 5.38. The quantitative estimate of drug-likeness (QED) is 0.828. The molecule has 0 saturated carbocycles. The van der Waals surface area contributed by atoms with Gasteiger partial charge >= 0.3 is 0 Å². The van der Waals surface area contributed by atoms with Crippen LogP contribution < -0.4 is 4.74 Å². The molecule has 0 aliphatic rings. The van der Waals surface area contributed by atoms with E-state index in [1.54, 1.807) is 14.0 Å². The van der Waals surface area contributed by atoms with E-state index in [9.17, 15) is 5.11 Å². The molecule has 96 valence electrons. The molecule has 0 aromatic heterocycles. The number of aryl methyl sites for hydroxylation is 1. The molecule has 0 aliphatic carbocycles. The molecule has 2 atom stereocenters. The van der Waals surface area contributed by atoms with Crippen LogP contribution in [0, 0.1) is 6.92 Å². The molecule has 1 aromatic rings. The van der Waals surface area contributed by atoms with Gasteiger partial charge in [0.1, 0.15) is 5.75 Å². The van der Waals surface area contributed by atoms with Crippen molar-refractivity contribution in [3.05, 3.63) is 29.3 Å². The second-order valence-corrected chi connectivity index (χ2v) is 4.43. The molecule has 0 fully saturated rings. The predicted octanol–water partition coefficient (Wildman–Crippen LogP) is 2.85. The van der Waals surface area contributed by atoms with Crippen molar-refractivity contribution in [2.45, 2.75) is 39.4 Å². The lowest BCUT2D eigenvalue weighted by molar-refractivity contribution is 0.130. The molecule has 3 nitrogen and oxygen atoms in total. The van der Waals surface area contributed by atoms with Gasteiger partial charge in [0.15, 0.2) is 0 Å². The summed E-state index contributed by atoms with van der Waals surface area (Å²) in [5, 5.41) is 9.68. The summed E-state index contributed by atoms with van der Waals surface area (Å²) >= 11 is 0. The van der Waals surface area contributed by atoms with E-state index in [0.29, 0.717) is 6.61 Å². The Kier molecular flexibility index (Phi) is 5.45. The van der Waals surface area contributed by atoms with Crippen molar-refractivity contribution in [2.24, 2.45) is 0 Å². The molecule has 1 aromatic carbocycles. The second kappa shape index (κ2) is 6.62. The van der Waals surface area contributed by atoms with Crippen molar-refractivity contribution < 1.29 is 14.6 Å². The fourth-order valence-electron chi connectivity index (χ4n) is 1.65. The molecule has 0 spiro atoms. The van der Waals surface area contributed by atoms with E-state index < -0.39 is 6.10 Å². The summed E-state index contributed by atoms with van der Waals surface area (Å²) in [5.74, 6) is 0.767. The number of rotatable bonds is 6. The summed E-state index contributed by atoms with van der Waals surface area (Å²) in [6, 6.07) is 5.86. The van der Waals surface area contributed by atoms with Crippen LogP contribution in [0.15, 0.2) is 18.2 Å². The van der Waals surface area contributed by atoms with E-state index in [0.717, 1.165) is 23.3 Å². The standard InChI is InChI=1S/C14H22O3/c1-10-5-6-13(12(3)15)14(9-10)17-11(2)7-8-16-4/h5-6,9,11-12,15H,7-8H2,1-4H3/t11?,12-/m1/s1. The van der Waals surface area contributed by atoms with E-state index in [4.69, 9.17) is 9.47 Å². The molecule has 0 bridgehead atoms. The summed E-state index contributed by atoms with van der Waals surface area (Å²) in [4.78, 5) is 0. The molecule has 1 N–H and O–H groups in total. The molecule has 1 unspecified atom stereocenters. The third kappa shape index (κ3) is 4.36. The maximum atomic E-state index is 9.68. The van der Waals surface area contributed by atoms with Crippen LogP contribution in [0.25, 0.3) is 0 Å². The van der Waals surface area contributed by atoms with Gasteiger partial charge in [0.25, 0.3) is 0 Å². The highest BCUT2D eigenvalue weighted by Gasteiger charge is 2.12. The van der Waals surface area contributed by atoms with Crippen molar-refractivity contribution >= 4 is 0 Å². The van der Waals surface area contributed by atoms with Crippen LogP contribution in [-0.4, -0.2) is 24.9 Å². The molecule has 1 rings (SSSR count). The Morgan fingerprint density at radius 3 is 2.59 bits per heavy atom. The summed E-state index contributed by atoms with van der Waals surface area (Å²) in [6.07, 6.45) is 0.401. The predicted molar refractivity (Wildman–Crippen MR) is 68.4 cm³/mol. The minimum absolute atomic E-state index is 0.0780. The monoisotopic (exact) mass is 238 g/mol. The van der Waals surface area contributed by atoms with Gasteiger partial charge in [-0.25, -0.2) is 0 Å². The molecule has 0 amide bonds. The number of benzene rings is 1. The van der Waals surface area contributed by atoms with Crippen LogP contribution in [0.5, 0.6) is 5.75 Å². The summed E-state index contributed by atoms with van der Waals surface area (Å²) in [5.41, 5.74) is 1.96. The average Bonchev–Trinajstić information content (AvgIpc) is 2.26. The lowest BCUT2D eigenvalue weighted by Gasteiger charge is -2.19. The Hall–Kier alpha value is -1.06. The van der Waals surface area contributed by atoms with Crippen LogP contribution in [0.2, 0.25) is 0 Å². The summed E-state index contributed by atoms with van der Waals surface area (Å²) < 4.78 is 10.9. The number of aliphatic hydroxyl groups is 1. The van der Waals surface area contributed by atoms with E-state index in [1.807, 2.05) is 32.0 Å². The van der Waals surface area contributed by atoms with Gasteiger partial charge in [0.05, 0.1) is 12.2 Å². The number of methoxy groups -OCH3 is 1. The first kappa shape index (κ1) is 14.0. The van der Waals surface area contributed by atoms with Crippen LogP contribution in [0.4, 0.5) is 0 Å². The highest BCUT2D eigenvalue weighted by Crippen LogP contribution is 2.27. The molecule has 0 radical (unpaired) electrons. The third-order valence-corrected chi connectivity index (χ3v) is 2.68. The van der Waals surface area contributed by atoms with Crippen LogP contribution in [0.3, 0.4) is 0 Å². The largest absolute Gasteiger partial charge is 0.490 e. The highest BCUT2D eigenvalue weighted by atomic mass is 16.5.